The van der Waals surface area contributed by atoms with Gasteiger partial charge in [-0.2, -0.15) is 0 Å². The topological polar surface area (TPSA) is 248 Å². The van der Waals surface area contributed by atoms with Crippen LogP contribution in [0.2, 0.25) is 0 Å². The molecule has 1 aromatic rings. The Hall–Kier alpha value is -3.71. The van der Waals surface area contributed by atoms with Crippen LogP contribution in [-0.2, 0) is 19.2 Å². The van der Waals surface area contributed by atoms with E-state index in [0.717, 1.165) is 16.9 Å². The van der Waals surface area contributed by atoms with Crippen LogP contribution in [0.15, 0.2) is 12.1 Å². The van der Waals surface area contributed by atoms with E-state index in [-0.39, 0.29) is 25.7 Å². The van der Waals surface area contributed by atoms with Crippen molar-refractivity contribution in [1.29, 1.82) is 0 Å². The van der Waals surface area contributed by atoms with Crippen molar-refractivity contribution in [2.45, 2.75) is 76.3 Å². The van der Waals surface area contributed by atoms with Gasteiger partial charge in [0, 0.05) is 36.8 Å². The summed E-state index contributed by atoms with van der Waals surface area (Å²) in [6.45, 7) is 3.66. The van der Waals surface area contributed by atoms with Gasteiger partial charge in [0.25, 0.3) is 0 Å². The van der Waals surface area contributed by atoms with Gasteiger partial charge in [0.15, 0.2) is 0 Å². The largest absolute Gasteiger partial charge is 0.496 e. The predicted octanol–water partition coefficient (Wildman–Crippen LogP) is 1.85. The zero-order valence-corrected chi connectivity index (χ0v) is 21.2. The first-order valence-electron chi connectivity index (χ1n) is 11.3. The summed E-state index contributed by atoms with van der Waals surface area (Å²) in [5.41, 5.74) is 11.4. The van der Waals surface area contributed by atoms with E-state index in [9.17, 15) is 24.0 Å². The number of carbonyl (C=O) groups is 5. The summed E-state index contributed by atoms with van der Waals surface area (Å²) in [5, 5.41) is 44.2. The Bertz CT molecular complexity index is 888. The molecule has 0 aliphatic carbocycles. The van der Waals surface area contributed by atoms with Crippen molar-refractivity contribution in [2.24, 2.45) is 11.5 Å². The maximum absolute atomic E-state index is 10.8. The fourth-order valence-corrected chi connectivity index (χ4v) is 3.96. The van der Waals surface area contributed by atoms with Gasteiger partial charge < -0.3 is 41.7 Å². The van der Waals surface area contributed by atoms with Gasteiger partial charge in [0.1, 0.15) is 5.75 Å². The molecule has 37 heavy (non-hydrogen) atoms. The maximum Gasteiger partial charge on any atom is 0.335 e. The minimum absolute atomic E-state index is 0.189. The summed E-state index contributed by atoms with van der Waals surface area (Å²) < 4.78 is 5.12. The number of ether oxygens (including phenoxy) is 1. The summed E-state index contributed by atoms with van der Waals surface area (Å²) in [5.74, 6) is -4.82. The lowest BCUT2D eigenvalue weighted by atomic mass is 9.67. The van der Waals surface area contributed by atoms with Crippen molar-refractivity contribution in [3.63, 3.8) is 0 Å². The Labute approximate surface area is 214 Å². The van der Waals surface area contributed by atoms with E-state index in [0.29, 0.717) is 5.56 Å². The van der Waals surface area contributed by atoms with E-state index in [1.54, 1.807) is 19.2 Å². The number of hydrogen-bond donors (Lipinski definition) is 7. The van der Waals surface area contributed by atoms with Gasteiger partial charge in [-0.05, 0) is 62.8 Å². The number of benzene rings is 1. The minimum Gasteiger partial charge on any atom is -0.496 e. The molecule has 0 radical (unpaired) electrons. The van der Waals surface area contributed by atoms with Gasteiger partial charge in [0.05, 0.1) is 12.7 Å². The average molecular weight is 529 g/mol. The number of aromatic carboxylic acids is 1. The number of hydrogen-bond acceptors (Lipinski definition) is 8. The zero-order valence-electron chi connectivity index (χ0n) is 21.2. The highest BCUT2D eigenvalue weighted by atomic mass is 16.5. The van der Waals surface area contributed by atoms with Gasteiger partial charge in [-0.25, -0.2) is 4.79 Å². The number of methoxy groups -OCH3 is 1. The molecule has 0 aliphatic rings. The Kier molecular flexibility index (Phi) is 13.3. The molecule has 0 amide bonds. The number of carboxylic acids is 5. The van der Waals surface area contributed by atoms with Gasteiger partial charge >= 0.3 is 29.8 Å². The van der Waals surface area contributed by atoms with Crippen LogP contribution >= 0.6 is 0 Å². The third-order valence-electron chi connectivity index (χ3n) is 6.04. The quantitative estimate of drug-likeness (QED) is 0.172. The van der Waals surface area contributed by atoms with E-state index in [1.807, 2.05) is 13.8 Å². The Morgan fingerprint density at radius 3 is 1.14 bits per heavy atom. The second-order valence-corrected chi connectivity index (χ2v) is 8.84. The molecule has 0 saturated carbocycles. The highest BCUT2D eigenvalue weighted by molar-refractivity contribution is 5.88. The van der Waals surface area contributed by atoms with Crippen molar-refractivity contribution in [3.8, 4) is 5.75 Å². The molecule has 0 aromatic heterocycles. The van der Waals surface area contributed by atoms with E-state index in [2.05, 4.69) is 0 Å². The van der Waals surface area contributed by atoms with Crippen LogP contribution in [0.5, 0.6) is 5.75 Å². The summed E-state index contributed by atoms with van der Waals surface area (Å²) >= 11 is 0. The van der Waals surface area contributed by atoms with Crippen molar-refractivity contribution in [3.05, 3.63) is 28.8 Å². The summed E-state index contributed by atoms with van der Waals surface area (Å²) in [6.07, 6.45) is -2.33. The van der Waals surface area contributed by atoms with Gasteiger partial charge in [-0.15, -0.1) is 0 Å². The Morgan fingerprint density at radius 1 is 0.676 bits per heavy atom. The standard InChI is InChI=1S/C14H24N2O8.C10H12O3/c15-13(5-1-9(17)18,6-2-10(19)20)14(16,7-3-11(21)22)8-4-12(23)24;1-6-4-8(10(11)12)5-7(2)9(6)13-3/h1-8,15-16H2,(H,17,18)(H,19,20)(H,21,22)(H,23,24);4-5H,1-3H3,(H,11,12). The van der Waals surface area contributed by atoms with E-state index in [4.69, 9.17) is 41.7 Å². The molecule has 0 fully saturated rings. The molecule has 0 unspecified atom stereocenters. The molecule has 0 aliphatic heterocycles. The number of nitrogens with two attached hydrogens (primary N) is 2. The third kappa shape index (κ3) is 11.3. The molecule has 1 rings (SSSR count). The fourth-order valence-electron chi connectivity index (χ4n) is 3.96. The van der Waals surface area contributed by atoms with E-state index >= 15 is 0 Å². The van der Waals surface area contributed by atoms with Crippen molar-refractivity contribution in [1.82, 2.24) is 0 Å². The van der Waals surface area contributed by atoms with Crippen LogP contribution in [0.4, 0.5) is 0 Å². The molecular weight excluding hydrogens is 492 g/mol. The van der Waals surface area contributed by atoms with Gasteiger partial charge in [0.2, 0.25) is 0 Å². The molecule has 0 saturated heterocycles. The SMILES string of the molecule is COc1c(C)cc(C(=O)O)cc1C.NC(CCC(=O)O)(CCC(=O)O)C(N)(CCC(=O)O)CCC(=O)O. The van der Waals surface area contributed by atoms with Crippen molar-refractivity contribution in [2.75, 3.05) is 7.11 Å². The monoisotopic (exact) mass is 528 g/mol. The van der Waals surface area contributed by atoms with Crippen LogP contribution in [0.3, 0.4) is 0 Å². The molecule has 0 spiro atoms. The second-order valence-electron chi connectivity index (χ2n) is 8.84. The van der Waals surface area contributed by atoms with Crippen LogP contribution < -0.4 is 16.2 Å². The molecular formula is C24H36N2O11. The third-order valence-corrected chi connectivity index (χ3v) is 6.04. The fraction of sp³-hybridized carbons (Fsp3) is 0.542. The lowest BCUT2D eigenvalue weighted by Gasteiger charge is -2.46. The van der Waals surface area contributed by atoms with Crippen molar-refractivity contribution >= 4 is 29.8 Å². The molecule has 0 atom stereocenters. The molecule has 13 nitrogen and oxygen atoms in total. The van der Waals surface area contributed by atoms with Crippen molar-refractivity contribution < 1.29 is 54.2 Å². The summed E-state index contributed by atoms with van der Waals surface area (Å²) in [4.78, 5) is 54.0. The van der Waals surface area contributed by atoms with Crippen LogP contribution in [-0.4, -0.2) is 73.6 Å². The summed E-state index contributed by atoms with van der Waals surface area (Å²) in [6, 6.07) is 3.21. The first-order chi connectivity index (χ1) is 17.0. The lowest BCUT2D eigenvalue weighted by molar-refractivity contribution is -0.141. The number of carboxylic acid groups (broad SMARTS) is 5. The maximum atomic E-state index is 10.8. The number of aryl methyl sites for hydroxylation is 2. The van der Waals surface area contributed by atoms with Gasteiger partial charge in [-0.3, -0.25) is 19.2 Å². The predicted molar refractivity (Wildman–Crippen MR) is 131 cm³/mol. The zero-order chi connectivity index (χ0) is 29.0. The normalized spacial score (nSPS) is 11.2. The molecule has 0 heterocycles. The van der Waals surface area contributed by atoms with Crippen LogP contribution in [0.1, 0.15) is 72.9 Å². The van der Waals surface area contributed by atoms with E-state index < -0.39 is 66.6 Å². The highest BCUT2D eigenvalue weighted by Gasteiger charge is 2.46. The average Bonchev–Trinajstić information content (AvgIpc) is 2.78. The second kappa shape index (κ2) is 14.8. The van der Waals surface area contributed by atoms with Gasteiger partial charge in [-0.1, -0.05) is 0 Å². The van der Waals surface area contributed by atoms with Crippen LogP contribution in [0.25, 0.3) is 0 Å². The molecule has 0 bridgehead atoms. The van der Waals surface area contributed by atoms with Crippen LogP contribution in [0, 0.1) is 13.8 Å². The van der Waals surface area contributed by atoms with E-state index in [1.165, 1.54) is 0 Å². The smallest absolute Gasteiger partial charge is 0.335 e. The molecule has 1 aromatic carbocycles. The highest BCUT2D eigenvalue weighted by Crippen LogP contribution is 2.35. The summed E-state index contributed by atoms with van der Waals surface area (Å²) in [7, 11) is 1.58. The number of rotatable bonds is 15. The number of aliphatic carboxylic acids is 4. The first kappa shape index (κ1) is 33.3. The molecule has 9 N–H and O–H groups in total. The molecule has 13 heteroatoms. The lowest BCUT2D eigenvalue weighted by Crippen LogP contribution is -2.66. The first-order valence-corrected chi connectivity index (χ1v) is 11.3. The Balaban J connectivity index is 0.000000832. The minimum atomic E-state index is -1.52. The Morgan fingerprint density at radius 2 is 0.946 bits per heavy atom. The molecule has 208 valence electrons.